The molecule has 0 aliphatic carbocycles. The van der Waals surface area contributed by atoms with Crippen LogP contribution in [0.4, 0.5) is 0 Å². The van der Waals surface area contributed by atoms with E-state index in [9.17, 15) is 9.90 Å². The molecule has 2 aromatic heterocycles. The molecule has 0 saturated carbocycles. The number of imidazole rings is 1. The van der Waals surface area contributed by atoms with E-state index in [0.717, 1.165) is 22.5 Å². The molecule has 0 saturated heterocycles. The molecule has 6 heteroatoms. The lowest BCUT2D eigenvalue weighted by molar-refractivity contribution is 0.0935. The van der Waals surface area contributed by atoms with Crippen molar-refractivity contribution in [3.05, 3.63) is 95.4 Å². The number of fused-ring (bicyclic) bond motifs is 1. The summed E-state index contributed by atoms with van der Waals surface area (Å²) in [4.78, 5) is 17.5. The number of hydrogen-bond donors (Lipinski definition) is 2. The first-order valence-corrected chi connectivity index (χ1v) is 9.76. The maximum atomic E-state index is 12.9. The fraction of sp³-hybridized carbons (Fsp3) is 0.167. The molecule has 6 nitrogen and oxygen atoms in total. The van der Waals surface area contributed by atoms with Crippen LogP contribution in [0.15, 0.2) is 73.1 Å². The summed E-state index contributed by atoms with van der Waals surface area (Å²) in [6.07, 6.45) is 3.87. The summed E-state index contributed by atoms with van der Waals surface area (Å²) in [7, 11) is 0. The minimum absolute atomic E-state index is 0.167. The van der Waals surface area contributed by atoms with Gasteiger partial charge in [-0.3, -0.25) is 4.79 Å². The number of nitrogens with zero attached hydrogens (tertiary/aromatic N) is 2. The average molecular weight is 401 g/mol. The first-order chi connectivity index (χ1) is 14.5. The van der Waals surface area contributed by atoms with Crippen LogP contribution in [0.3, 0.4) is 0 Å². The number of aromatic nitrogens is 2. The smallest absolute Gasteiger partial charge is 0.255 e. The second-order valence-corrected chi connectivity index (χ2v) is 7.23. The van der Waals surface area contributed by atoms with Crippen LogP contribution in [-0.4, -0.2) is 20.4 Å². The lowest BCUT2D eigenvalue weighted by Gasteiger charge is -2.16. The van der Waals surface area contributed by atoms with Crippen molar-refractivity contribution >= 4 is 11.6 Å². The number of para-hydroxylation sites is 1. The molecule has 0 aliphatic rings. The van der Waals surface area contributed by atoms with Crippen LogP contribution in [-0.2, 0) is 6.61 Å². The maximum Gasteiger partial charge on any atom is 0.255 e. The van der Waals surface area contributed by atoms with Gasteiger partial charge in [0, 0.05) is 12.4 Å². The van der Waals surface area contributed by atoms with Crippen LogP contribution in [0.25, 0.3) is 5.65 Å². The Morgan fingerprint density at radius 1 is 1.17 bits per heavy atom. The van der Waals surface area contributed by atoms with E-state index in [1.165, 1.54) is 0 Å². The number of carbonyl (C=O) groups is 1. The average Bonchev–Trinajstić information content (AvgIpc) is 3.17. The second-order valence-electron chi connectivity index (χ2n) is 7.23. The van der Waals surface area contributed by atoms with Gasteiger partial charge in [0.2, 0.25) is 0 Å². The fourth-order valence-corrected chi connectivity index (χ4v) is 3.36. The Balaban J connectivity index is 1.49. The van der Waals surface area contributed by atoms with Crippen molar-refractivity contribution < 1.29 is 14.6 Å². The van der Waals surface area contributed by atoms with Crippen LogP contribution >= 0.6 is 0 Å². The molecule has 0 aliphatic heterocycles. The van der Waals surface area contributed by atoms with Crippen molar-refractivity contribution in [3.8, 4) is 11.5 Å². The Morgan fingerprint density at radius 3 is 2.80 bits per heavy atom. The molecule has 0 fully saturated rings. The number of hydrogen-bond acceptors (Lipinski definition) is 4. The predicted molar refractivity (Wildman–Crippen MR) is 115 cm³/mol. The third kappa shape index (κ3) is 4.12. The van der Waals surface area contributed by atoms with Gasteiger partial charge in [0.05, 0.1) is 17.3 Å². The van der Waals surface area contributed by atoms with Crippen LogP contribution in [0.1, 0.15) is 40.1 Å². The normalized spacial score (nSPS) is 11.9. The number of nitrogens with one attached hydrogen (secondary N) is 1. The Labute approximate surface area is 174 Å². The van der Waals surface area contributed by atoms with E-state index < -0.39 is 0 Å². The first kappa shape index (κ1) is 19.5. The number of ether oxygens (including phenoxy) is 1. The van der Waals surface area contributed by atoms with Gasteiger partial charge in [0.1, 0.15) is 23.8 Å². The Hall–Kier alpha value is -3.80. The van der Waals surface area contributed by atoms with Gasteiger partial charge < -0.3 is 19.6 Å². The summed E-state index contributed by atoms with van der Waals surface area (Å²) in [6, 6.07) is 17.7. The molecule has 2 heterocycles. The van der Waals surface area contributed by atoms with Crippen LogP contribution in [0.2, 0.25) is 0 Å². The van der Waals surface area contributed by atoms with Crippen molar-refractivity contribution in [3.63, 3.8) is 0 Å². The molecule has 152 valence electrons. The zero-order valence-corrected chi connectivity index (χ0v) is 16.9. The van der Waals surface area contributed by atoms with Crippen molar-refractivity contribution in [2.45, 2.75) is 26.5 Å². The topological polar surface area (TPSA) is 75.9 Å². The number of phenolic OH excluding ortho intramolecular Hbond substituents is 1. The molecule has 1 amide bonds. The molecule has 2 N–H and O–H groups in total. The summed E-state index contributed by atoms with van der Waals surface area (Å²) in [5.41, 5.74) is 4.03. The molecule has 4 rings (SSSR count). The number of carbonyl (C=O) groups excluding carboxylic acids is 1. The summed E-state index contributed by atoms with van der Waals surface area (Å²) >= 11 is 0. The van der Waals surface area contributed by atoms with Crippen LogP contribution in [0, 0.1) is 6.92 Å². The van der Waals surface area contributed by atoms with Gasteiger partial charge in [-0.2, -0.15) is 0 Å². The third-order valence-corrected chi connectivity index (χ3v) is 4.95. The van der Waals surface area contributed by atoms with Gasteiger partial charge in [-0.25, -0.2) is 4.98 Å². The van der Waals surface area contributed by atoms with Crippen LogP contribution in [0.5, 0.6) is 11.5 Å². The highest BCUT2D eigenvalue weighted by Gasteiger charge is 2.16. The summed E-state index contributed by atoms with van der Waals surface area (Å²) in [5, 5.41) is 12.6. The van der Waals surface area contributed by atoms with Crippen LogP contribution < -0.4 is 10.1 Å². The second kappa shape index (κ2) is 8.29. The van der Waals surface area contributed by atoms with Gasteiger partial charge in [-0.15, -0.1) is 0 Å². The number of amides is 1. The lowest BCUT2D eigenvalue weighted by Crippen LogP contribution is -2.27. The largest absolute Gasteiger partial charge is 0.508 e. The Bertz CT molecular complexity index is 1200. The molecule has 30 heavy (non-hydrogen) atoms. The summed E-state index contributed by atoms with van der Waals surface area (Å²) in [6.45, 7) is 4.14. The SMILES string of the molecule is Cc1cccn2cc(COc3ccccc3C(=O)NC(C)c3cccc(O)c3)nc12. The molecular formula is C24H23N3O3. The molecule has 0 bridgehead atoms. The third-order valence-electron chi connectivity index (χ3n) is 4.95. The maximum absolute atomic E-state index is 12.9. The molecule has 0 radical (unpaired) electrons. The van der Waals surface area contributed by atoms with Gasteiger partial charge in [0.25, 0.3) is 5.91 Å². The van der Waals surface area contributed by atoms with Gasteiger partial charge in [-0.1, -0.05) is 30.3 Å². The van der Waals surface area contributed by atoms with Gasteiger partial charge >= 0.3 is 0 Å². The number of benzene rings is 2. The van der Waals surface area contributed by atoms with Crippen molar-refractivity contribution in [1.82, 2.24) is 14.7 Å². The Morgan fingerprint density at radius 2 is 2.00 bits per heavy atom. The van der Waals surface area contributed by atoms with E-state index in [2.05, 4.69) is 10.3 Å². The molecule has 1 atom stereocenters. The van der Waals surface area contributed by atoms with Crippen molar-refractivity contribution in [2.75, 3.05) is 0 Å². The highest BCUT2D eigenvalue weighted by Crippen LogP contribution is 2.22. The minimum Gasteiger partial charge on any atom is -0.508 e. The Kier molecular flexibility index (Phi) is 5.39. The number of aromatic hydroxyl groups is 1. The lowest BCUT2D eigenvalue weighted by atomic mass is 10.1. The highest BCUT2D eigenvalue weighted by atomic mass is 16.5. The molecule has 2 aromatic carbocycles. The number of rotatable bonds is 6. The standard InChI is InChI=1S/C24H23N3O3/c1-16-7-6-12-27-14-19(26-23(16)27)15-30-22-11-4-3-10-21(22)24(29)25-17(2)18-8-5-9-20(28)13-18/h3-14,17,28H,15H2,1-2H3,(H,25,29). The minimum atomic E-state index is -0.265. The quantitative estimate of drug-likeness (QED) is 0.502. The number of phenols is 1. The molecule has 1 unspecified atom stereocenters. The zero-order valence-electron chi connectivity index (χ0n) is 16.9. The summed E-state index contributed by atoms with van der Waals surface area (Å²) < 4.78 is 7.91. The van der Waals surface area contributed by atoms with E-state index >= 15 is 0 Å². The van der Waals surface area contributed by atoms with E-state index in [1.807, 2.05) is 54.9 Å². The summed E-state index contributed by atoms with van der Waals surface area (Å²) in [5.74, 6) is 0.416. The number of pyridine rings is 1. The molecule has 4 aromatic rings. The van der Waals surface area contributed by atoms with E-state index in [4.69, 9.17) is 4.74 Å². The zero-order chi connectivity index (χ0) is 21.1. The van der Waals surface area contributed by atoms with Crippen molar-refractivity contribution in [1.29, 1.82) is 0 Å². The van der Waals surface area contributed by atoms with E-state index in [0.29, 0.717) is 11.3 Å². The van der Waals surface area contributed by atoms with E-state index in [1.54, 1.807) is 36.4 Å². The van der Waals surface area contributed by atoms with E-state index in [-0.39, 0.29) is 24.3 Å². The monoisotopic (exact) mass is 401 g/mol. The first-order valence-electron chi connectivity index (χ1n) is 9.76. The fourth-order valence-electron chi connectivity index (χ4n) is 3.36. The predicted octanol–water partition coefficient (Wildman–Crippen LogP) is 4.42. The number of aryl methyl sites for hydroxylation is 1. The molecule has 0 spiro atoms. The highest BCUT2D eigenvalue weighted by molar-refractivity contribution is 5.97. The van der Waals surface area contributed by atoms with Gasteiger partial charge in [-0.05, 0) is 55.3 Å². The van der Waals surface area contributed by atoms with Crippen molar-refractivity contribution in [2.24, 2.45) is 0 Å². The van der Waals surface area contributed by atoms with Gasteiger partial charge in [0.15, 0.2) is 0 Å². The molecular weight excluding hydrogens is 378 g/mol.